The first-order valence-electron chi connectivity index (χ1n) is 2.70. The van der Waals surface area contributed by atoms with Crippen LogP contribution < -0.4 is 10.6 Å². The van der Waals surface area contributed by atoms with Crippen LogP contribution in [0.4, 0.5) is 4.79 Å². The van der Waals surface area contributed by atoms with E-state index in [-0.39, 0.29) is 6.42 Å². The van der Waals surface area contributed by atoms with Crippen LogP contribution in [-0.2, 0) is 9.59 Å². The first-order chi connectivity index (χ1) is 4.72. The maximum absolute atomic E-state index is 10.5. The van der Waals surface area contributed by atoms with Gasteiger partial charge < -0.3 is 5.32 Å². The molecule has 0 aromatic rings. The van der Waals surface area contributed by atoms with E-state index in [0.717, 1.165) is 0 Å². The second-order valence-corrected chi connectivity index (χ2v) is 1.90. The minimum Gasteiger partial charge on any atom is -0.327 e. The first-order valence-corrected chi connectivity index (χ1v) is 2.70. The lowest BCUT2D eigenvalue weighted by Crippen LogP contribution is -2.52. The van der Waals surface area contributed by atoms with Crippen molar-refractivity contribution in [3.05, 3.63) is 0 Å². The number of imide groups is 1. The second-order valence-electron chi connectivity index (χ2n) is 1.90. The number of hydrogen-bond acceptors (Lipinski definition) is 3. The Kier molecular flexibility index (Phi) is 1.66. The lowest BCUT2D eigenvalue weighted by molar-refractivity contribution is -0.120. The molecule has 1 atom stereocenters. The van der Waals surface area contributed by atoms with Gasteiger partial charge in [-0.15, -0.1) is 0 Å². The molecule has 10 heavy (non-hydrogen) atoms. The number of carbonyl (C=O) groups excluding carboxylic acids is 3. The smallest absolute Gasteiger partial charge is 0.322 e. The third-order valence-corrected chi connectivity index (χ3v) is 1.09. The summed E-state index contributed by atoms with van der Waals surface area (Å²) in [6.45, 7) is 0. The lowest BCUT2D eigenvalue weighted by atomic mass is 10.2. The molecule has 0 spiro atoms. The van der Waals surface area contributed by atoms with Crippen LogP contribution in [0.1, 0.15) is 6.42 Å². The fourth-order valence-electron chi connectivity index (χ4n) is 0.680. The van der Waals surface area contributed by atoms with Gasteiger partial charge in [0.05, 0.1) is 6.42 Å². The Balaban J connectivity index is 2.58. The van der Waals surface area contributed by atoms with Crippen LogP contribution in [0.2, 0.25) is 0 Å². The van der Waals surface area contributed by atoms with Crippen molar-refractivity contribution in [3.63, 3.8) is 0 Å². The van der Waals surface area contributed by atoms with Gasteiger partial charge in [0.25, 0.3) is 0 Å². The molecular weight excluding hydrogens is 136 g/mol. The van der Waals surface area contributed by atoms with E-state index in [9.17, 15) is 14.4 Å². The van der Waals surface area contributed by atoms with Gasteiger partial charge in [-0.1, -0.05) is 0 Å². The number of nitrogens with one attached hydrogen (secondary N) is 2. The molecule has 1 radical (unpaired) electrons. The average Bonchev–Trinajstić information content (AvgIpc) is 1.85. The zero-order chi connectivity index (χ0) is 7.56. The third-order valence-electron chi connectivity index (χ3n) is 1.09. The van der Waals surface area contributed by atoms with Gasteiger partial charge in [0.1, 0.15) is 6.04 Å². The summed E-state index contributed by atoms with van der Waals surface area (Å²) in [5.41, 5.74) is 0. The van der Waals surface area contributed by atoms with Crippen molar-refractivity contribution in [1.29, 1.82) is 0 Å². The monoisotopic (exact) mass is 141 g/mol. The van der Waals surface area contributed by atoms with E-state index in [1.807, 2.05) is 5.32 Å². The standard InChI is InChI=1S/C5H5N2O3/c8-2-3-1-4(9)7-5(10)6-3/h3H,1H2,(H2,6,7,9,10). The van der Waals surface area contributed by atoms with Crippen LogP contribution in [-0.4, -0.2) is 24.3 Å². The Morgan fingerprint density at radius 2 is 2.20 bits per heavy atom. The Bertz CT molecular complexity index is 173. The zero-order valence-corrected chi connectivity index (χ0v) is 5.01. The Morgan fingerprint density at radius 3 is 2.70 bits per heavy atom. The highest BCUT2D eigenvalue weighted by Gasteiger charge is 2.23. The summed E-state index contributed by atoms with van der Waals surface area (Å²) < 4.78 is 0. The highest BCUT2D eigenvalue weighted by molar-refractivity contribution is 5.99. The van der Waals surface area contributed by atoms with Crippen LogP contribution in [0.5, 0.6) is 0 Å². The minimum absolute atomic E-state index is 0.0186. The van der Waals surface area contributed by atoms with E-state index in [2.05, 4.69) is 5.32 Å². The van der Waals surface area contributed by atoms with Crippen LogP contribution >= 0.6 is 0 Å². The molecule has 53 valence electrons. The quantitative estimate of drug-likeness (QED) is 0.476. The molecule has 1 heterocycles. The van der Waals surface area contributed by atoms with E-state index in [4.69, 9.17) is 0 Å². The van der Waals surface area contributed by atoms with Crippen molar-refractivity contribution in [2.24, 2.45) is 0 Å². The molecule has 2 N–H and O–H groups in total. The van der Waals surface area contributed by atoms with Gasteiger partial charge >= 0.3 is 6.03 Å². The molecular formula is C5H5N2O3. The molecule has 1 saturated heterocycles. The van der Waals surface area contributed by atoms with Crippen LogP contribution in [0.15, 0.2) is 0 Å². The Morgan fingerprint density at radius 1 is 1.50 bits per heavy atom. The molecule has 1 aliphatic rings. The number of hydrogen-bond donors (Lipinski definition) is 2. The summed E-state index contributed by atoms with van der Waals surface area (Å²) in [5, 5.41) is 4.18. The van der Waals surface area contributed by atoms with Gasteiger partial charge in [0.15, 0.2) is 0 Å². The fraction of sp³-hybridized carbons (Fsp3) is 0.400. The van der Waals surface area contributed by atoms with E-state index in [1.54, 1.807) is 0 Å². The molecule has 1 aliphatic heterocycles. The maximum Gasteiger partial charge on any atom is 0.322 e. The van der Waals surface area contributed by atoms with E-state index < -0.39 is 18.0 Å². The lowest BCUT2D eigenvalue weighted by Gasteiger charge is -2.16. The number of urea groups is 1. The zero-order valence-electron chi connectivity index (χ0n) is 5.01. The van der Waals surface area contributed by atoms with Gasteiger partial charge in [-0.2, -0.15) is 0 Å². The van der Waals surface area contributed by atoms with Gasteiger partial charge in [-0.25, -0.2) is 4.79 Å². The first kappa shape index (κ1) is 6.73. The summed E-state index contributed by atoms with van der Waals surface area (Å²) in [6, 6.07) is -1.41. The minimum atomic E-state index is -0.777. The fourth-order valence-corrected chi connectivity index (χ4v) is 0.680. The van der Waals surface area contributed by atoms with Crippen LogP contribution in [0.3, 0.4) is 0 Å². The van der Waals surface area contributed by atoms with Crippen molar-refractivity contribution in [2.45, 2.75) is 12.5 Å². The average molecular weight is 141 g/mol. The highest BCUT2D eigenvalue weighted by Crippen LogP contribution is 1.93. The van der Waals surface area contributed by atoms with Crippen LogP contribution in [0, 0.1) is 0 Å². The molecule has 0 aromatic carbocycles. The van der Waals surface area contributed by atoms with Gasteiger partial charge in [0, 0.05) is 0 Å². The van der Waals surface area contributed by atoms with Crippen molar-refractivity contribution in [3.8, 4) is 0 Å². The Labute approximate surface area is 56.8 Å². The summed E-state index contributed by atoms with van der Waals surface area (Å²) in [7, 11) is 0. The normalized spacial score (nSPS) is 25.0. The van der Waals surface area contributed by atoms with Crippen molar-refractivity contribution in [1.82, 2.24) is 10.6 Å². The van der Waals surface area contributed by atoms with Gasteiger partial charge in [-0.05, 0) is 0 Å². The van der Waals surface area contributed by atoms with E-state index >= 15 is 0 Å². The Hall–Kier alpha value is -1.39. The topological polar surface area (TPSA) is 75.3 Å². The molecule has 0 saturated carbocycles. The molecule has 0 aromatic heterocycles. The highest BCUT2D eigenvalue weighted by atomic mass is 16.2. The van der Waals surface area contributed by atoms with E-state index in [1.165, 1.54) is 6.29 Å². The summed E-state index contributed by atoms with van der Waals surface area (Å²) in [5.74, 6) is -0.447. The van der Waals surface area contributed by atoms with Crippen LogP contribution in [0.25, 0.3) is 0 Å². The molecule has 1 unspecified atom stereocenters. The maximum atomic E-state index is 10.5. The molecule has 5 nitrogen and oxygen atoms in total. The SMILES string of the molecule is O=[C]C1CC(=O)NC(=O)N1. The molecule has 1 fully saturated rings. The second kappa shape index (κ2) is 2.47. The third kappa shape index (κ3) is 1.31. The summed E-state index contributed by atoms with van der Waals surface area (Å²) in [6.07, 6.45) is 1.50. The summed E-state index contributed by atoms with van der Waals surface area (Å²) in [4.78, 5) is 30.8. The van der Waals surface area contributed by atoms with Gasteiger partial charge in [-0.3, -0.25) is 14.9 Å². The number of amides is 3. The molecule has 3 amide bonds. The van der Waals surface area contributed by atoms with E-state index in [0.29, 0.717) is 0 Å². The van der Waals surface area contributed by atoms with Crippen molar-refractivity contribution in [2.75, 3.05) is 0 Å². The van der Waals surface area contributed by atoms with Crippen molar-refractivity contribution >= 4 is 18.2 Å². The molecule has 5 heteroatoms. The number of rotatable bonds is 1. The number of carbonyl (C=O) groups is 2. The molecule has 0 bridgehead atoms. The molecule has 1 rings (SSSR count). The largest absolute Gasteiger partial charge is 0.327 e. The van der Waals surface area contributed by atoms with Crippen molar-refractivity contribution < 1.29 is 14.4 Å². The predicted molar refractivity (Wildman–Crippen MR) is 30.8 cm³/mol. The molecule has 0 aliphatic carbocycles. The predicted octanol–water partition coefficient (Wildman–Crippen LogP) is -1.31. The summed E-state index contributed by atoms with van der Waals surface area (Å²) >= 11 is 0. The van der Waals surface area contributed by atoms with Gasteiger partial charge in [0.2, 0.25) is 12.2 Å².